The van der Waals surface area contributed by atoms with Crippen LogP contribution in [0.3, 0.4) is 0 Å². The van der Waals surface area contributed by atoms with Crippen molar-refractivity contribution in [3.05, 3.63) is 0 Å². The number of hydrogen-bond acceptors (Lipinski definition) is 3. The Morgan fingerprint density at radius 1 is 1.00 bits per heavy atom. The molecule has 3 nitrogen and oxygen atoms in total. The van der Waals surface area contributed by atoms with Gasteiger partial charge in [0.15, 0.2) is 0 Å². The first kappa shape index (κ1) is 12.2. The maximum atomic E-state index is 5.80. The maximum absolute atomic E-state index is 5.80. The molecule has 1 saturated carbocycles. The highest BCUT2D eigenvalue weighted by molar-refractivity contribution is 6.63. The van der Waals surface area contributed by atoms with Crippen molar-refractivity contribution in [3.63, 3.8) is 0 Å². The van der Waals surface area contributed by atoms with Gasteiger partial charge in [0, 0.05) is 25.4 Å². The predicted molar refractivity (Wildman–Crippen MR) is 58.2 cm³/mol. The lowest BCUT2D eigenvalue weighted by atomic mass is 10.5. The summed E-state index contributed by atoms with van der Waals surface area (Å²) in [6, 6.07) is 0. The first-order valence-electron chi connectivity index (χ1n) is 5.62. The topological polar surface area (TPSA) is 27.7 Å². The van der Waals surface area contributed by atoms with Crippen molar-refractivity contribution in [1.29, 1.82) is 0 Å². The summed E-state index contributed by atoms with van der Waals surface area (Å²) in [7, 11) is -2.32. The van der Waals surface area contributed by atoms with Crippen LogP contribution in [0.15, 0.2) is 0 Å². The Morgan fingerprint density at radius 2 is 1.36 bits per heavy atom. The Bertz CT molecular complexity index is 158. The molecule has 1 rings (SSSR count). The highest BCUT2D eigenvalue weighted by atomic mass is 28.4. The summed E-state index contributed by atoms with van der Waals surface area (Å²) in [5, 5.41) is 0. The SMILES string of the molecule is CCO[Si](OCC)(OCC)[C@H]1C[C@@H]1C. The van der Waals surface area contributed by atoms with E-state index in [0.29, 0.717) is 31.3 Å². The van der Waals surface area contributed by atoms with E-state index < -0.39 is 8.80 Å². The molecule has 4 heteroatoms. The fraction of sp³-hybridized carbons (Fsp3) is 1.00. The van der Waals surface area contributed by atoms with Crippen LogP contribution in [0.4, 0.5) is 0 Å². The second kappa shape index (κ2) is 5.26. The maximum Gasteiger partial charge on any atom is 0.504 e. The molecule has 0 aromatic rings. The summed E-state index contributed by atoms with van der Waals surface area (Å²) in [6.45, 7) is 10.3. The van der Waals surface area contributed by atoms with Crippen LogP contribution in [0.5, 0.6) is 0 Å². The molecule has 0 aromatic heterocycles. The molecule has 0 aromatic carbocycles. The second-order valence-corrected chi connectivity index (χ2v) is 6.54. The first-order valence-corrected chi connectivity index (χ1v) is 7.42. The van der Waals surface area contributed by atoms with Gasteiger partial charge in [-0.1, -0.05) is 6.92 Å². The van der Waals surface area contributed by atoms with Gasteiger partial charge in [-0.2, -0.15) is 0 Å². The number of rotatable bonds is 7. The van der Waals surface area contributed by atoms with E-state index >= 15 is 0 Å². The largest absolute Gasteiger partial charge is 0.504 e. The van der Waals surface area contributed by atoms with Gasteiger partial charge in [-0.25, -0.2) is 0 Å². The highest BCUT2D eigenvalue weighted by Crippen LogP contribution is 2.52. The average Bonchev–Trinajstić information content (AvgIpc) is 2.84. The van der Waals surface area contributed by atoms with Gasteiger partial charge >= 0.3 is 8.80 Å². The van der Waals surface area contributed by atoms with E-state index in [0.717, 1.165) is 0 Å². The van der Waals surface area contributed by atoms with Gasteiger partial charge in [-0.05, 0) is 33.1 Å². The van der Waals surface area contributed by atoms with E-state index in [4.69, 9.17) is 13.3 Å². The van der Waals surface area contributed by atoms with Crippen LogP contribution in [-0.4, -0.2) is 28.6 Å². The lowest BCUT2D eigenvalue weighted by Crippen LogP contribution is -2.47. The molecule has 0 bridgehead atoms. The third-order valence-corrected chi connectivity index (χ3v) is 6.39. The van der Waals surface area contributed by atoms with Crippen LogP contribution in [0, 0.1) is 5.92 Å². The van der Waals surface area contributed by atoms with Crippen molar-refractivity contribution in [1.82, 2.24) is 0 Å². The zero-order valence-electron chi connectivity index (χ0n) is 9.71. The lowest BCUT2D eigenvalue weighted by Gasteiger charge is -2.28. The molecule has 0 aliphatic heterocycles. The molecular weight excluding hydrogens is 196 g/mol. The Balaban J connectivity index is 2.62. The van der Waals surface area contributed by atoms with Gasteiger partial charge < -0.3 is 13.3 Å². The Hall–Kier alpha value is 0.0969. The van der Waals surface area contributed by atoms with Gasteiger partial charge in [-0.15, -0.1) is 0 Å². The van der Waals surface area contributed by atoms with Crippen LogP contribution in [-0.2, 0) is 13.3 Å². The molecular formula is C10H22O3Si. The van der Waals surface area contributed by atoms with E-state index in [2.05, 4.69) is 6.92 Å². The van der Waals surface area contributed by atoms with Crippen LogP contribution >= 0.6 is 0 Å². The van der Waals surface area contributed by atoms with Gasteiger partial charge in [0.2, 0.25) is 0 Å². The van der Waals surface area contributed by atoms with Crippen LogP contribution in [0.1, 0.15) is 34.1 Å². The summed E-state index contributed by atoms with van der Waals surface area (Å²) in [4.78, 5) is 0. The zero-order chi connectivity index (χ0) is 10.6. The molecule has 0 spiro atoms. The smallest absolute Gasteiger partial charge is 0.374 e. The van der Waals surface area contributed by atoms with Gasteiger partial charge in [-0.3, -0.25) is 0 Å². The van der Waals surface area contributed by atoms with E-state index in [1.54, 1.807) is 0 Å². The van der Waals surface area contributed by atoms with Crippen LogP contribution < -0.4 is 0 Å². The molecule has 1 aliphatic rings. The quantitative estimate of drug-likeness (QED) is 0.614. The van der Waals surface area contributed by atoms with Crippen molar-refractivity contribution in [2.45, 2.75) is 39.7 Å². The van der Waals surface area contributed by atoms with Gasteiger partial charge in [0.05, 0.1) is 0 Å². The minimum atomic E-state index is -2.32. The summed E-state index contributed by atoms with van der Waals surface area (Å²) in [5.41, 5.74) is 0.544. The average molecular weight is 218 g/mol. The van der Waals surface area contributed by atoms with E-state index in [9.17, 15) is 0 Å². The van der Waals surface area contributed by atoms with Crippen LogP contribution in [0.25, 0.3) is 0 Å². The normalized spacial score (nSPS) is 26.6. The lowest BCUT2D eigenvalue weighted by molar-refractivity contribution is 0.0684. The van der Waals surface area contributed by atoms with E-state index in [-0.39, 0.29) is 0 Å². The third kappa shape index (κ3) is 2.57. The Morgan fingerprint density at radius 3 is 1.57 bits per heavy atom. The Kier molecular flexibility index (Phi) is 4.57. The molecule has 0 saturated heterocycles. The zero-order valence-corrected chi connectivity index (χ0v) is 10.7. The van der Waals surface area contributed by atoms with Crippen LogP contribution in [0.2, 0.25) is 5.54 Å². The molecule has 84 valence electrons. The van der Waals surface area contributed by atoms with Crippen molar-refractivity contribution in [2.24, 2.45) is 5.92 Å². The molecule has 0 heterocycles. The van der Waals surface area contributed by atoms with Gasteiger partial charge in [0.25, 0.3) is 0 Å². The molecule has 0 unspecified atom stereocenters. The summed E-state index contributed by atoms with van der Waals surface area (Å²) < 4.78 is 17.4. The third-order valence-electron chi connectivity index (χ3n) is 2.60. The molecule has 2 atom stereocenters. The molecule has 1 aliphatic carbocycles. The minimum absolute atomic E-state index is 0.544. The summed E-state index contributed by atoms with van der Waals surface area (Å²) >= 11 is 0. The second-order valence-electron chi connectivity index (χ2n) is 3.72. The Labute approximate surface area is 88.1 Å². The molecule has 14 heavy (non-hydrogen) atoms. The number of hydrogen-bond donors (Lipinski definition) is 0. The van der Waals surface area contributed by atoms with E-state index in [1.807, 2.05) is 20.8 Å². The van der Waals surface area contributed by atoms with E-state index in [1.165, 1.54) is 6.42 Å². The monoisotopic (exact) mass is 218 g/mol. The fourth-order valence-corrected chi connectivity index (χ4v) is 5.32. The molecule has 0 N–H and O–H groups in total. The summed E-state index contributed by atoms with van der Waals surface area (Å²) in [6.07, 6.45) is 1.20. The van der Waals surface area contributed by atoms with Gasteiger partial charge in [0.1, 0.15) is 0 Å². The minimum Gasteiger partial charge on any atom is -0.374 e. The highest BCUT2D eigenvalue weighted by Gasteiger charge is 2.59. The summed E-state index contributed by atoms with van der Waals surface area (Å²) in [5.74, 6) is 0.714. The van der Waals surface area contributed by atoms with Crippen molar-refractivity contribution < 1.29 is 13.3 Å². The molecule has 0 radical (unpaired) electrons. The van der Waals surface area contributed by atoms with Crippen molar-refractivity contribution >= 4 is 8.80 Å². The fourth-order valence-electron chi connectivity index (χ4n) is 1.86. The first-order chi connectivity index (χ1) is 6.70. The molecule has 0 amide bonds. The van der Waals surface area contributed by atoms with Crippen molar-refractivity contribution in [3.8, 4) is 0 Å². The predicted octanol–water partition coefficient (Wildman–Crippen LogP) is 2.44. The standard InChI is InChI=1S/C10H22O3Si/c1-5-11-14(12-6-2,13-7-3)10-8-9(10)4/h9-10H,5-8H2,1-4H3/t9-,10-/m0/s1. The van der Waals surface area contributed by atoms with Crippen molar-refractivity contribution in [2.75, 3.05) is 19.8 Å². The molecule has 1 fully saturated rings.